The molecule has 0 atom stereocenters. The van der Waals surface area contributed by atoms with Gasteiger partial charge in [0.05, 0.1) is 34.5 Å². The van der Waals surface area contributed by atoms with Gasteiger partial charge in [-0.3, -0.25) is 18.9 Å². The molecular formula is C51H62N10O. The second-order valence-electron chi connectivity index (χ2n) is 16.2. The Morgan fingerprint density at radius 2 is 1.37 bits per heavy atom. The van der Waals surface area contributed by atoms with Gasteiger partial charge in [0, 0.05) is 115 Å². The molecule has 62 heavy (non-hydrogen) atoms. The zero-order chi connectivity index (χ0) is 43.8. The Bertz CT molecular complexity index is 2820. The number of benzene rings is 2. The number of rotatable bonds is 6. The molecule has 0 unspecified atom stereocenters. The number of imidazole rings is 3. The zero-order valence-corrected chi connectivity index (χ0v) is 37.9. The third-order valence-electron chi connectivity index (χ3n) is 12.4. The number of nitrogens with zero attached hydrogens (tertiary/aromatic N) is 9. The van der Waals surface area contributed by atoms with Crippen LogP contribution in [0.1, 0.15) is 66.5 Å². The third-order valence-corrected chi connectivity index (χ3v) is 12.4. The van der Waals surface area contributed by atoms with Gasteiger partial charge in [-0.25, -0.2) is 14.8 Å². The van der Waals surface area contributed by atoms with Crippen LogP contribution in [0.4, 0.5) is 11.4 Å². The number of pyridine rings is 2. The zero-order valence-electron chi connectivity index (χ0n) is 37.9. The van der Waals surface area contributed by atoms with E-state index in [2.05, 4.69) is 128 Å². The van der Waals surface area contributed by atoms with E-state index < -0.39 is 0 Å². The summed E-state index contributed by atoms with van der Waals surface area (Å²) in [4.78, 5) is 28.7. The molecule has 2 aromatic carbocycles. The van der Waals surface area contributed by atoms with E-state index in [0.717, 1.165) is 97.9 Å². The maximum Gasteiger partial charge on any atom is 0.328 e. The van der Waals surface area contributed by atoms with Gasteiger partial charge in [-0.1, -0.05) is 55.7 Å². The molecule has 2 aliphatic heterocycles. The number of hydrogen-bond acceptors (Lipinski definition) is 7. The molecule has 7 heterocycles. The third kappa shape index (κ3) is 9.76. The molecule has 0 saturated carbocycles. The van der Waals surface area contributed by atoms with Gasteiger partial charge in [-0.05, 0) is 93.1 Å². The van der Waals surface area contributed by atoms with Gasteiger partial charge >= 0.3 is 5.69 Å². The summed E-state index contributed by atoms with van der Waals surface area (Å²) < 4.78 is 7.53. The molecule has 2 saturated heterocycles. The van der Waals surface area contributed by atoms with E-state index in [4.69, 9.17) is 0 Å². The average Bonchev–Trinajstić information content (AvgIpc) is 4.01. The highest BCUT2D eigenvalue weighted by Gasteiger charge is 2.28. The lowest BCUT2D eigenvalue weighted by Crippen LogP contribution is -2.53. The summed E-state index contributed by atoms with van der Waals surface area (Å²) in [5.74, 6) is 13.2. The summed E-state index contributed by atoms with van der Waals surface area (Å²) in [6, 6.07) is 17.2. The summed E-state index contributed by atoms with van der Waals surface area (Å²) in [6.07, 6.45) is 15.2. The van der Waals surface area contributed by atoms with Crippen molar-refractivity contribution in [2.45, 2.75) is 66.8 Å². The van der Waals surface area contributed by atoms with Gasteiger partial charge < -0.3 is 19.0 Å². The summed E-state index contributed by atoms with van der Waals surface area (Å²) in [6.45, 7) is 20.7. The average molecular weight is 831 g/mol. The van der Waals surface area contributed by atoms with E-state index in [9.17, 15) is 4.79 Å². The first-order valence-electron chi connectivity index (χ1n) is 22.1. The van der Waals surface area contributed by atoms with Crippen LogP contribution in [0.3, 0.4) is 0 Å². The van der Waals surface area contributed by atoms with Crippen LogP contribution in [-0.4, -0.2) is 96.1 Å². The van der Waals surface area contributed by atoms with Crippen LogP contribution in [0.2, 0.25) is 0 Å². The largest absolute Gasteiger partial charge is 0.383 e. The minimum absolute atomic E-state index is 0.0133. The minimum atomic E-state index is -0.0133. The number of aromatic nitrogens is 6. The molecular weight excluding hydrogens is 769 g/mol. The summed E-state index contributed by atoms with van der Waals surface area (Å²) >= 11 is 0. The molecule has 9 rings (SSSR count). The smallest absolute Gasteiger partial charge is 0.328 e. The van der Waals surface area contributed by atoms with Crippen LogP contribution in [0.25, 0.3) is 22.3 Å². The molecule has 322 valence electrons. The fraction of sp³-hybridized carbons (Fsp3) is 0.392. The van der Waals surface area contributed by atoms with Crippen LogP contribution in [-0.2, 0) is 14.1 Å². The summed E-state index contributed by atoms with van der Waals surface area (Å²) in [7, 11) is 3.63. The Morgan fingerprint density at radius 3 is 2.10 bits per heavy atom. The van der Waals surface area contributed by atoms with Crippen LogP contribution >= 0.6 is 0 Å². The second-order valence-corrected chi connectivity index (χ2v) is 16.2. The molecule has 11 nitrogen and oxygen atoms in total. The second kappa shape index (κ2) is 20.1. The highest BCUT2D eigenvalue weighted by atomic mass is 16.1. The Morgan fingerprint density at radius 1 is 0.726 bits per heavy atom. The highest BCUT2D eigenvalue weighted by Crippen LogP contribution is 2.27. The van der Waals surface area contributed by atoms with E-state index in [1.807, 2.05) is 75.3 Å². The normalized spacial score (nSPS) is 14.7. The first-order valence-corrected chi connectivity index (χ1v) is 22.1. The van der Waals surface area contributed by atoms with Gasteiger partial charge in [0.25, 0.3) is 0 Å². The van der Waals surface area contributed by atoms with E-state index in [1.54, 1.807) is 9.13 Å². The van der Waals surface area contributed by atoms with Crippen molar-refractivity contribution < 1.29 is 0 Å². The number of para-hydroxylation sites is 1. The lowest BCUT2D eigenvalue weighted by molar-refractivity contribution is 0.0920. The fourth-order valence-electron chi connectivity index (χ4n) is 8.61. The number of nitrogens with one attached hydrogen (secondary N) is 1. The van der Waals surface area contributed by atoms with Gasteiger partial charge in [-0.15, -0.1) is 0 Å². The molecule has 0 bridgehead atoms. The summed E-state index contributed by atoms with van der Waals surface area (Å²) in [5, 5.41) is 3.46. The molecule has 11 heteroatoms. The number of anilines is 2. The Kier molecular flexibility index (Phi) is 14.2. The number of piperidine rings is 1. The predicted octanol–water partition coefficient (Wildman–Crippen LogP) is 7.61. The van der Waals surface area contributed by atoms with Crippen molar-refractivity contribution in [3.8, 4) is 23.7 Å². The van der Waals surface area contributed by atoms with Crippen molar-refractivity contribution in [3.63, 3.8) is 0 Å². The van der Waals surface area contributed by atoms with E-state index >= 15 is 0 Å². The predicted molar refractivity (Wildman–Crippen MR) is 255 cm³/mol. The standard InChI is InChI=1S/C29H35N7O.C20H21N3.C2H6/c1-22-20-27-30-11-15-36(27)21-26(22)35-13-9-24(10-14-35)34-18-16-33(17-19-34)12-5-7-23-6-4-8-25-28(23)32(3)29(37)31(25)2;1-15-7-6-9-18(17(15)3)8-4-5-10-21-19-14-23-12-11-22-20(23)13-16(19)2;1-2/h4,6,8,11,15,20-21,24H,9-10,12-14,16-19H2,1-3H3;6-7,9,11-14,21H,5,10H2,1-3H3;1-2H3. The summed E-state index contributed by atoms with van der Waals surface area (Å²) in [5.41, 5.74) is 13.4. The minimum Gasteiger partial charge on any atom is -0.383 e. The molecule has 7 aromatic rings. The SMILES string of the molecule is CC.Cc1cc2nccn2cc1N1CCC(N2CCN(CC#Cc3cccc4c3n(C)c(=O)n4C)CC2)CC1.Cc1cc2nccn2cc1NCCC#Cc1cccc(C)c1C. The number of fused-ring (bicyclic) bond motifs is 3. The highest BCUT2D eigenvalue weighted by molar-refractivity contribution is 5.82. The van der Waals surface area contributed by atoms with Crippen LogP contribution in [0.15, 0.2) is 90.5 Å². The first-order chi connectivity index (χ1) is 30.1. The van der Waals surface area contributed by atoms with Gasteiger partial charge in [0.2, 0.25) is 0 Å². The Hall–Kier alpha value is -6.27. The maximum atomic E-state index is 12.3. The lowest BCUT2D eigenvalue weighted by Gasteiger charge is -2.43. The molecule has 0 amide bonds. The Balaban J connectivity index is 0.000000199. The quantitative estimate of drug-likeness (QED) is 0.137. The molecule has 0 spiro atoms. The van der Waals surface area contributed by atoms with Crippen molar-refractivity contribution in [3.05, 3.63) is 130 Å². The topological polar surface area (TPSA) is 83.3 Å². The van der Waals surface area contributed by atoms with Gasteiger partial charge in [0.1, 0.15) is 11.3 Å². The van der Waals surface area contributed by atoms with Crippen molar-refractivity contribution >= 4 is 33.7 Å². The first kappa shape index (κ1) is 43.8. The monoisotopic (exact) mass is 831 g/mol. The maximum absolute atomic E-state index is 12.3. The Labute approximate surface area is 367 Å². The molecule has 2 aliphatic rings. The molecule has 0 radical (unpaired) electrons. The van der Waals surface area contributed by atoms with Crippen LogP contribution in [0, 0.1) is 51.4 Å². The van der Waals surface area contributed by atoms with Crippen molar-refractivity contribution in [1.82, 2.24) is 37.7 Å². The van der Waals surface area contributed by atoms with Crippen molar-refractivity contribution in [1.29, 1.82) is 0 Å². The number of piperazine rings is 1. The molecule has 0 aliphatic carbocycles. The van der Waals surface area contributed by atoms with E-state index in [0.29, 0.717) is 6.04 Å². The van der Waals surface area contributed by atoms with Crippen LogP contribution < -0.4 is 15.9 Å². The van der Waals surface area contributed by atoms with E-state index in [-0.39, 0.29) is 5.69 Å². The molecule has 2 fully saturated rings. The lowest BCUT2D eigenvalue weighted by atomic mass is 10.0. The molecule has 5 aromatic heterocycles. The van der Waals surface area contributed by atoms with Gasteiger partial charge in [0.15, 0.2) is 0 Å². The molecule has 1 N–H and O–H groups in total. The number of aryl methyl sites for hydroxylation is 5. The van der Waals surface area contributed by atoms with Crippen LogP contribution in [0.5, 0.6) is 0 Å². The van der Waals surface area contributed by atoms with Crippen molar-refractivity contribution in [2.75, 3.05) is 62.6 Å². The number of hydrogen-bond donors (Lipinski definition) is 1. The van der Waals surface area contributed by atoms with Gasteiger partial charge in [-0.2, -0.15) is 0 Å². The van der Waals surface area contributed by atoms with E-state index in [1.165, 1.54) is 40.8 Å². The fourth-order valence-corrected chi connectivity index (χ4v) is 8.61. The van der Waals surface area contributed by atoms with Crippen molar-refractivity contribution in [2.24, 2.45) is 14.1 Å².